The first-order chi connectivity index (χ1) is 21.9. The van der Waals surface area contributed by atoms with Crippen LogP contribution in [0.1, 0.15) is 50.7 Å². The van der Waals surface area contributed by atoms with Gasteiger partial charge in [-0.2, -0.15) is 0 Å². The second-order valence-electron chi connectivity index (χ2n) is 12.2. The molecule has 8 aromatic rings. The molecule has 0 aliphatic carbocycles. The summed E-state index contributed by atoms with van der Waals surface area (Å²) in [4.78, 5) is 10.2. The Kier molecular flexibility index (Phi) is 6.89. The van der Waals surface area contributed by atoms with Gasteiger partial charge < -0.3 is 4.74 Å². The minimum absolute atomic E-state index is 0.312. The van der Waals surface area contributed by atoms with Crippen LogP contribution in [0.2, 0.25) is 0 Å². The smallest absolute Gasteiger partial charge is 0.222 e. The van der Waals surface area contributed by atoms with E-state index in [9.17, 15) is 0 Å². The van der Waals surface area contributed by atoms with Gasteiger partial charge in [-0.15, -0.1) is 22.7 Å². The molecule has 4 aromatic heterocycles. The van der Waals surface area contributed by atoms with Crippen LogP contribution < -0.4 is 4.74 Å². The maximum absolute atomic E-state index is 6.61. The van der Waals surface area contributed by atoms with Crippen molar-refractivity contribution in [2.24, 2.45) is 0 Å². The number of ether oxygens (including phenoxy) is 1. The zero-order valence-corrected chi connectivity index (χ0v) is 27.3. The lowest BCUT2D eigenvalue weighted by molar-refractivity contribution is 0.444. The van der Waals surface area contributed by atoms with Crippen LogP contribution in [0.4, 0.5) is 0 Å². The van der Waals surface area contributed by atoms with Gasteiger partial charge in [-0.3, -0.25) is 0 Å². The highest BCUT2D eigenvalue weighted by Crippen LogP contribution is 2.42. The molecule has 0 saturated carbocycles. The van der Waals surface area contributed by atoms with Crippen molar-refractivity contribution in [1.82, 2.24) is 9.97 Å². The van der Waals surface area contributed by atoms with Crippen LogP contribution in [0.25, 0.3) is 62.9 Å². The van der Waals surface area contributed by atoms with E-state index in [4.69, 9.17) is 14.7 Å². The largest absolute Gasteiger partial charge is 0.421 e. The molecule has 0 bridgehead atoms. The number of hydrogen-bond acceptors (Lipinski definition) is 5. The van der Waals surface area contributed by atoms with E-state index in [-0.39, 0.29) is 0 Å². The van der Waals surface area contributed by atoms with Gasteiger partial charge >= 0.3 is 0 Å². The van der Waals surface area contributed by atoms with E-state index in [1.54, 1.807) is 0 Å². The fraction of sp³-hybridized carbons (Fsp3) is 0.150. The molecule has 4 aromatic carbocycles. The minimum Gasteiger partial charge on any atom is -0.421 e. The zero-order valence-electron chi connectivity index (χ0n) is 25.7. The van der Waals surface area contributed by atoms with Crippen LogP contribution in [0, 0.1) is 0 Å². The average molecular weight is 621 g/mol. The number of nitrogens with zero attached hydrogens (tertiary/aromatic N) is 2. The number of fused-ring (bicyclic) bond motifs is 6. The molecule has 0 fully saturated rings. The molecule has 3 nitrogen and oxygen atoms in total. The third kappa shape index (κ3) is 4.97. The second kappa shape index (κ2) is 11.1. The number of thiophene rings is 2. The first kappa shape index (κ1) is 27.9. The molecule has 0 saturated heterocycles. The van der Waals surface area contributed by atoms with E-state index >= 15 is 0 Å². The van der Waals surface area contributed by atoms with Crippen LogP contribution in [-0.4, -0.2) is 9.97 Å². The van der Waals surface area contributed by atoms with Crippen LogP contribution >= 0.6 is 22.7 Å². The van der Waals surface area contributed by atoms with Crippen molar-refractivity contribution in [3.05, 3.63) is 120 Å². The minimum atomic E-state index is 0.312. The Hall–Kier alpha value is -4.58. The van der Waals surface area contributed by atoms with Crippen molar-refractivity contribution in [3.8, 4) is 34.3 Å². The van der Waals surface area contributed by atoms with Crippen molar-refractivity contribution >= 4 is 63.0 Å². The highest BCUT2D eigenvalue weighted by molar-refractivity contribution is 7.26. The van der Waals surface area contributed by atoms with E-state index in [0.29, 0.717) is 23.6 Å². The molecular formula is C40H32N2OS2. The molecule has 0 atom stereocenters. The standard InChI is InChI=1S/C40H32N2OS2/c1-23(2)25-19-33(31-15-9-13-29-27-11-5-7-17-35(27)44-39(29)31)41-37(21-25)43-38-22-26(24(3)4)20-34(42-38)32-16-10-14-30-28-12-6-8-18-36(28)45-40(30)32/h5-24H,1-4H3. The van der Waals surface area contributed by atoms with Gasteiger partial charge in [-0.05, 0) is 47.2 Å². The predicted molar refractivity (Wildman–Crippen MR) is 193 cm³/mol. The van der Waals surface area contributed by atoms with Gasteiger partial charge in [0.15, 0.2) is 0 Å². The Labute approximate surface area is 270 Å². The molecule has 4 heterocycles. The van der Waals surface area contributed by atoms with Gasteiger partial charge in [0.2, 0.25) is 11.8 Å². The molecule has 0 radical (unpaired) electrons. The Balaban J connectivity index is 1.26. The fourth-order valence-corrected chi connectivity index (χ4v) is 8.55. The summed E-state index contributed by atoms with van der Waals surface area (Å²) in [6, 6.07) is 38.8. The molecule has 0 aliphatic heterocycles. The predicted octanol–water partition coefficient (Wildman–Crippen LogP) is 12.6. The van der Waals surface area contributed by atoms with Crippen molar-refractivity contribution in [2.75, 3.05) is 0 Å². The SMILES string of the molecule is CC(C)c1cc(Oc2cc(C(C)C)cc(-c3cccc4c3sc3ccccc34)n2)nc(-c2cccc3c2sc2ccccc23)c1. The lowest BCUT2D eigenvalue weighted by atomic mass is 10.00. The van der Waals surface area contributed by atoms with Gasteiger partial charge in [0.25, 0.3) is 0 Å². The Morgan fingerprint density at radius 2 is 0.911 bits per heavy atom. The summed E-state index contributed by atoms with van der Waals surface area (Å²) >= 11 is 3.64. The van der Waals surface area contributed by atoms with Gasteiger partial charge in [0.1, 0.15) is 0 Å². The number of aromatic nitrogens is 2. The average Bonchev–Trinajstić information content (AvgIpc) is 3.63. The summed E-state index contributed by atoms with van der Waals surface area (Å²) in [6.07, 6.45) is 0. The fourth-order valence-electron chi connectivity index (χ4n) is 6.10. The van der Waals surface area contributed by atoms with Crippen LogP contribution in [0.3, 0.4) is 0 Å². The van der Waals surface area contributed by atoms with Crippen molar-refractivity contribution in [2.45, 2.75) is 39.5 Å². The van der Waals surface area contributed by atoms with Crippen molar-refractivity contribution in [3.63, 3.8) is 0 Å². The molecular weight excluding hydrogens is 589 g/mol. The second-order valence-corrected chi connectivity index (χ2v) is 14.3. The maximum Gasteiger partial charge on any atom is 0.222 e. The summed E-state index contributed by atoms with van der Waals surface area (Å²) < 4.78 is 11.7. The molecule has 8 rings (SSSR count). The Morgan fingerprint density at radius 1 is 0.489 bits per heavy atom. The summed E-state index contributed by atoms with van der Waals surface area (Å²) in [6.45, 7) is 8.85. The highest BCUT2D eigenvalue weighted by Gasteiger charge is 2.17. The molecule has 0 amide bonds. The maximum atomic E-state index is 6.61. The van der Waals surface area contributed by atoms with Gasteiger partial charge in [0, 0.05) is 63.6 Å². The summed E-state index contributed by atoms with van der Waals surface area (Å²) in [5.41, 5.74) is 6.46. The summed E-state index contributed by atoms with van der Waals surface area (Å²) in [7, 11) is 0. The van der Waals surface area contributed by atoms with Crippen LogP contribution in [0.15, 0.2) is 109 Å². The Morgan fingerprint density at radius 3 is 1.36 bits per heavy atom. The molecule has 0 unspecified atom stereocenters. The topological polar surface area (TPSA) is 35.0 Å². The quantitative estimate of drug-likeness (QED) is 0.185. The zero-order chi connectivity index (χ0) is 30.7. The molecule has 0 spiro atoms. The number of hydrogen-bond donors (Lipinski definition) is 0. The summed E-state index contributed by atoms with van der Waals surface area (Å²) in [5.74, 6) is 1.75. The third-order valence-corrected chi connectivity index (χ3v) is 11.0. The van der Waals surface area contributed by atoms with E-state index < -0.39 is 0 Å². The summed E-state index contributed by atoms with van der Waals surface area (Å²) in [5, 5.41) is 5.09. The molecule has 0 aliphatic rings. The number of pyridine rings is 2. The van der Waals surface area contributed by atoms with Gasteiger partial charge in [0.05, 0.1) is 11.4 Å². The molecule has 0 N–H and O–H groups in total. The first-order valence-electron chi connectivity index (χ1n) is 15.5. The van der Waals surface area contributed by atoms with Gasteiger partial charge in [-0.25, -0.2) is 9.97 Å². The van der Waals surface area contributed by atoms with E-state index in [1.807, 2.05) is 22.7 Å². The normalized spacial score (nSPS) is 12.0. The van der Waals surface area contributed by atoms with Crippen molar-refractivity contribution < 1.29 is 4.74 Å². The van der Waals surface area contributed by atoms with E-state index in [2.05, 4.69) is 137 Å². The lowest BCUT2D eigenvalue weighted by Gasteiger charge is -2.15. The first-order valence-corrected chi connectivity index (χ1v) is 17.1. The lowest BCUT2D eigenvalue weighted by Crippen LogP contribution is -1.99. The van der Waals surface area contributed by atoms with Crippen molar-refractivity contribution in [1.29, 1.82) is 0 Å². The Bertz CT molecular complexity index is 2210. The monoisotopic (exact) mass is 620 g/mol. The number of benzene rings is 4. The molecule has 5 heteroatoms. The van der Waals surface area contributed by atoms with Gasteiger partial charge in [-0.1, -0.05) is 100 Å². The number of rotatable bonds is 6. The van der Waals surface area contributed by atoms with E-state index in [0.717, 1.165) is 22.5 Å². The van der Waals surface area contributed by atoms with E-state index in [1.165, 1.54) is 51.5 Å². The third-order valence-electron chi connectivity index (χ3n) is 8.55. The molecule has 220 valence electrons. The van der Waals surface area contributed by atoms with Crippen LogP contribution in [0.5, 0.6) is 11.8 Å². The highest BCUT2D eigenvalue weighted by atomic mass is 32.1. The van der Waals surface area contributed by atoms with Crippen LogP contribution in [-0.2, 0) is 0 Å². The molecule has 45 heavy (non-hydrogen) atoms.